The molecule has 0 radical (unpaired) electrons. The molecule has 0 aliphatic rings. The Bertz CT molecular complexity index is 420. The third-order valence-corrected chi connectivity index (χ3v) is 1.74. The molecule has 1 aromatic carbocycles. The average Bonchev–Trinajstić information content (AvgIpc) is 2.30. The van der Waals surface area contributed by atoms with Crippen molar-refractivity contribution >= 4 is 11.7 Å². The van der Waals surface area contributed by atoms with Crippen LogP contribution >= 0.6 is 0 Å². The van der Waals surface area contributed by atoms with Crippen LogP contribution in [0, 0.1) is 0 Å². The second-order valence-electron chi connectivity index (χ2n) is 2.96. The zero-order chi connectivity index (χ0) is 12.0. The Morgan fingerprint density at radius 2 is 1.94 bits per heavy atom. The number of ether oxygens (including phenoxy) is 1. The minimum atomic E-state index is -0.723. The number of azo groups is 1. The number of aliphatic hydroxyl groups is 1. The van der Waals surface area contributed by atoms with Gasteiger partial charge in [-0.3, -0.25) is 0 Å². The Hall–Kier alpha value is -2.17. The van der Waals surface area contributed by atoms with Crippen molar-refractivity contribution in [1.29, 1.82) is 0 Å². The van der Waals surface area contributed by atoms with E-state index in [1.807, 2.05) is 6.07 Å². The van der Waals surface area contributed by atoms with Crippen molar-refractivity contribution in [3.05, 3.63) is 41.8 Å². The number of benzene rings is 1. The van der Waals surface area contributed by atoms with Gasteiger partial charge < -0.3 is 9.84 Å². The maximum Gasteiger partial charge on any atom is 0.362 e. The lowest BCUT2D eigenvalue weighted by molar-refractivity contribution is -0.136. The Kier molecular flexibility index (Phi) is 4.20. The number of nitrogens with zero attached hydrogens (tertiary/aromatic N) is 2. The van der Waals surface area contributed by atoms with Crippen LogP contribution in [0.4, 0.5) is 5.69 Å². The fourth-order valence-corrected chi connectivity index (χ4v) is 0.960. The largest absolute Gasteiger partial charge is 0.510 e. The Morgan fingerprint density at radius 1 is 1.31 bits per heavy atom. The molecule has 0 aliphatic carbocycles. The molecule has 0 bridgehead atoms. The second-order valence-corrected chi connectivity index (χ2v) is 2.96. The van der Waals surface area contributed by atoms with Gasteiger partial charge in [0.25, 0.3) is 0 Å². The van der Waals surface area contributed by atoms with Crippen molar-refractivity contribution in [2.24, 2.45) is 10.2 Å². The van der Waals surface area contributed by atoms with E-state index < -0.39 is 5.97 Å². The van der Waals surface area contributed by atoms with Crippen molar-refractivity contribution in [2.45, 2.75) is 6.92 Å². The van der Waals surface area contributed by atoms with Gasteiger partial charge in [0.05, 0.1) is 12.8 Å². The third-order valence-electron chi connectivity index (χ3n) is 1.74. The molecule has 5 heteroatoms. The summed E-state index contributed by atoms with van der Waals surface area (Å²) in [6, 6.07) is 8.88. The number of aliphatic hydroxyl groups excluding tert-OH is 1. The number of hydrogen-bond acceptors (Lipinski definition) is 5. The minimum absolute atomic E-state index is 0.202. The molecular weight excluding hydrogens is 208 g/mol. The number of carbonyl (C=O) groups is 1. The summed E-state index contributed by atoms with van der Waals surface area (Å²) in [5.41, 5.74) is 0.386. The van der Waals surface area contributed by atoms with Gasteiger partial charge >= 0.3 is 5.97 Å². The van der Waals surface area contributed by atoms with Gasteiger partial charge in [-0.05, 0) is 19.1 Å². The number of rotatable bonds is 3. The highest BCUT2D eigenvalue weighted by molar-refractivity contribution is 5.88. The SMILES string of the molecule is COC(=O)/C(N=Nc1ccccc1)=C(/C)O. The van der Waals surface area contributed by atoms with Crippen LogP contribution in [0.15, 0.2) is 52.0 Å². The van der Waals surface area contributed by atoms with Crippen LogP contribution in [0.3, 0.4) is 0 Å². The molecule has 0 aromatic heterocycles. The number of methoxy groups -OCH3 is 1. The number of esters is 1. The van der Waals surface area contributed by atoms with E-state index >= 15 is 0 Å². The van der Waals surface area contributed by atoms with Crippen LogP contribution in [0.1, 0.15) is 6.92 Å². The van der Waals surface area contributed by atoms with Crippen LogP contribution in [0.25, 0.3) is 0 Å². The smallest absolute Gasteiger partial charge is 0.362 e. The standard InChI is InChI=1S/C11H12N2O3/c1-8(14)10(11(15)16-2)13-12-9-6-4-3-5-7-9/h3-7,14H,1-2H3/b10-8+,13-12?. The van der Waals surface area contributed by atoms with Gasteiger partial charge in [-0.1, -0.05) is 18.2 Å². The predicted molar refractivity (Wildman–Crippen MR) is 58.3 cm³/mol. The van der Waals surface area contributed by atoms with Crippen LogP contribution in [-0.4, -0.2) is 18.2 Å². The van der Waals surface area contributed by atoms with Gasteiger partial charge in [0.15, 0.2) is 0 Å². The summed E-state index contributed by atoms with van der Waals surface area (Å²) in [6.45, 7) is 1.34. The quantitative estimate of drug-likeness (QED) is 0.368. The van der Waals surface area contributed by atoms with Gasteiger partial charge in [0, 0.05) is 0 Å². The molecule has 1 N–H and O–H groups in total. The Labute approximate surface area is 93.1 Å². The van der Waals surface area contributed by atoms with Gasteiger partial charge in [-0.15, -0.1) is 5.11 Å². The van der Waals surface area contributed by atoms with Crippen LogP contribution < -0.4 is 0 Å². The molecule has 0 saturated heterocycles. The molecule has 0 amide bonds. The zero-order valence-corrected chi connectivity index (χ0v) is 9.04. The van der Waals surface area contributed by atoms with E-state index in [1.165, 1.54) is 14.0 Å². The average molecular weight is 220 g/mol. The molecule has 0 aliphatic heterocycles. The predicted octanol–water partition coefficient (Wildman–Crippen LogP) is 2.73. The normalized spacial score (nSPS) is 12.4. The third kappa shape index (κ3) is 3.20. The zero-order valence-electron chi connectivity index (χ0n) is 9.04. The molecule has 0 spiro atoms. The topological polar surface area (TPSA) is 71.2 Å². The highest BCUT2D eigenvalue weighted by Crippen LogP contribution is 2.14. The molecular formula is C11H12N2O3. The molecule has 1 rings (SSSR count). The summed E-state index contributed by atoms with van der Waals surface area (Å²) in [5.74, 6) is -0.953. The van der Waals surface area contributed by atoms with E-state index in [1.54, 1.807) is 24.3 Å². The van der Waals surface area contributed by atoms with E-state index in [9.17, 15) is 9.90 Å². The lowest BCUT2D eigenvalue weighted by Crippen LogP contribution is -2.04. The second kappa shape index (κ2) is 5.65. The van der Waals surface area contributed by atoms with Gasteiger partial charge in [0.2, 0.25) is 5.70 Å². The lowest BCUT2D eigenvalue weighted by atomic mass is 10.3. The summed E-state index contributed by atoms with van der Waals surface area (Å²) >= 11 is 0. The molecule has 84 valence electrons. The van der Waals surface area contributed by atoms with Crippen molar-refractivity contribution < 1.29 is 14.6 Å². The molecule has 5 nitrogen and oxygen atoms in total. The fraction of sp³-hybridized carbons (Fsp3) is 0.182. The van der Waals surface area contributed by atoms with E-state index in [2.05, 4.69) is 15.0 Å². The van der Waals surface area contributed by atoms with Crippen LogP contribution in [-0.2, 0) is 9.53 Å². The molecule has 1 aromatic rings. The monoisotopic (exact) mass is 220 g/mol. The van der Waals surface area contributed by atoms with E-state index in [-0.39, 0.29) is 11.5 Å². The molecule has 0 heterocycles. The maximum absolute atomic E-state index is 11.2. The van der Waals surface area contributed by atoms with Crippen LogP contribution in [0.5, 0.6) is 0 Å². The van der Waals surface area contributed by atoms with Crippen molar-refractivity contribution in [2.75, 3.05) is 7.11 Å². The lowest BCUT2D eigenvalue weighted by Gasteiger charge is -1.99. The molecule has 16 heavy (non-hydrogen) atoms. The van der Waals surface area contributed by atoms with E-state index in [0.717, 1.165) is 0 Å². The molecule has 0 unspecified atom stereocenters. The van der Waals surface area contributed by atoms with E-state index in [0.29, 0.717) is 5.69 Å². The first-order valence-corrected chi connectivity index (χ1v) is 4.60. The first kappa shape index (κ1) is 11.9. The Morgan fingerprint density at radius 3 is 2.44 bits per heavy atom. The van der Waals surface area contributed by atoms with E-state index in [4.69, 9.17) is 0 Å². The highest BCUT2D eigenvalue weighted by atomic mass is 16.5. The fourth-order valence-electron chi connectivity index (χ4n) is 0.960. The van der Waals surface area contributed by atoms with Gasteiger partial charge in [0.1, 0.15) is 5.76 Å². The van der Waals surface area contributed by atoms with Gasteiger partial charge in [-0.25, -0.2) is 4.79 Å². The molecule has 0 saturated carbocycles. The maximum atomic E-state index is 11.2. The number of allylic oxidation sites excluding steroid dienone is 1. The number of hydrogen-bond donors (Lipinski definition) is 1. The Balaban J connectivity index is 2.90. The highest BCUT2D eigenvalue weighted by Gasteiger charge is 2.12. The summed E-state index contributed by atoms with van der Waals surface area (Å²) in [6.07, 6.45) is 0. The minimum Gasteiger partial charge on any atom is -0.510 e. The molecule has 0 atom stereocenters. The first-order valence-electron chi connectivity index (χ1n) is 4.60. The summed E-state index contributed by atoms with van der Waals surface area (Å²) in [4.78, 5) is 11.2. The summed E-state index contributed by atoms with van der Waals surface area (Å²) < 4.78 is 4.45. The summed E-state index contributed by atoms with van der Waals surface area (Å²) in [7, 11) is 1.21. The molecule has 0 fully saturated rings. The van der Waals surface area contributed by atoms with Gasteiger partial charge in [-0.2, -0.15) is 5.11 Å². The van der Waals surface area contributed by atoms with Crippen molar-refractivity contribution in [3.63, 3.8) is 0 Å². The first-order chi connectivity index (χ1) is 7.65. The number of carbonyl (C=O) groups excluding carboxylic acids is 1. The van der Waals surface area contributed by atoms with Crippen molar-refractivity contribution in [1.82, 2.24) is 0 Å². The van der Waals surface area contributed by atoms with Crippen LogP contribution in [0.2, 0.25) is 0 Å². The van der Waals surface area contributed by atoms with Crippen molar-refractivity contribution in [3.8, 4) is 0 Å². The summed E-state index contributed by atoms with van der Waals surface area (Å²) in [5, 5.41) is 16.7.